The van der Waals surface area contributed by atoms with E-state index in [4.69, 9.17) is 0 Å². The van der Waals surface area contributed by atoms with Gasteiger partial charge in [0.25, 0.3) is 0 Å². The van der Waals surface area contributed by atoms with Gasteiger partial charge in [-0.05, 0) is 46.6 Å². The summed E-state index contributed by atoms with van der Waals surface area (Å²) in [5, 5.41) is 15.3. The Labute approximate surface area is 109 Å². The third kappa shape index (κ3) is 1.79. The van der Waals surface area contributed by atoms with Gasteiger partial charge in [-0.25, -0.2) is 0 Å². The molecular weight excluding hydrogens is 226 g/mol. The molecular formula is C14H23N3O. The highest BCUT2D eigenvalue weighted by Crippen LogP contribution is 2.44. The summed E-state index contributed by atoms with van der Waals surface area (Å²) in [5.41, 5.74) is 0.340. The lowest BCUT2D eigenvalue weighted by Crippen LogP contribution is -2.47. The van der Waals surface area contributed by atoms with Crippen LogP contribution in [0.4, 0.5) is 0 Å². The third-order valence-electron chi connectivity index (χ3n) is 4.80. The Bertz CT molecular complexity index is 426. The molecule has 3 heterocycles. The topological polar surface area (TPSA) is 41.3 Å². The van der Waals surface area contributed by atoms with Crippen molar-refractivity contribution in [1.82, 2.24) is 14.7 Å². The van der Waals surface area contributed by atoms with Crippen molar-refractivity contribution in [3.8, 4) is 0 Å². The summed E-state index contributed by atoms with van der Waals surface area (Å²) in [6.07, 6.45) is 8.03. The second-order valence-corrected chi connectivity index (χ2v) is 6.29. The number of rotatable bonds is 2. The summed E-state index contributed by atoms with van der Waals surface area (Å²) < 4.78 is 1.94. The molecule has 100 valence electrons. The maximum atomic E-state index is 11.0. The third-order valence-corrected chi connectivity index (χ3v) is 4.80. The van der Waals surface area contributed by atoms with Crippen molar-refractivity contribution in [2.24, 2.45) is 0 Å². The highest BCUT2D eigenvalue weighted by atomic mass is 16.3. The second kappa shape index (κ2) is 4.07. The smallest absolute Gasteiger partial charge is 0.0956 e. The van der Waals surface area contributed by atoms with E-state index in [-0.39, 0.29) is 0 Å². The molecule has 0 amide bonds. The molecule has 1 aromatic rings. The summed E-state index contributed by atoms with van der Waals surface area (Å²) in [5.74, 6) is 0. The number of aliphatic hydroxyl groups is 1. The average Bonchev–Trinajstić information content (AvgIpc) is 2.87. The molecule has 2 fully saturated rings. The molecule has 0 aromatic carbocycles. The zero-order chi connectivity index (χ0) is 12.9. The lowest BCUT2D eigenvalue weighted by Gasteiger charge is -2.41. The molecule has 2 aliphatic heterocycles. The summed E-state index contributed by atoms with van der Waals surface area (Å²) in [4.78, 5) is 2.45. The van der Waals surface area contributed by atoms with E-state index in [9.17, 15) is 5.11 Å². The van der Waals surface area contributed by atoms with Crippen LogP contribution in [0.1, 0.15) is 51.1 Å². The highest BCUT2D eigenvalue weighted by molar-refractivity contribution is 5.19. The van der Waals surface area contributed by atoms with Crippen LogP contribution in [-0.4, -0.2) is 38.9 Å². The standard InChI is InChI=1S/C14H23N3O/c1-10(2)17-9-11(8-15-17)14(18)6-12-4-5-13(7-14)16(12)3/h8-10,12-13,18H,4-7H2,1-3H3. The van der Waals surface area contributed by atoms with Crippen molar-refractivity contribution in [1.29, 1.82) is 0 Å². The van der Waals surface area contributed by atoms with Crippen molar-refractivity contribution >= 4 is 0 Å². The number of hydrogen-bond acceptors (Lipinski definition) is 3. The Balaban J connectivity index is 1.86. The van der Waals surface area contributed by atoms with Gasteiger partial charge in [0.05, 0.1) is 11.8 Å². The van der Waals surface area contributed by atoms with E-state index in [0.717, 1.165) is 18.4 Å². The van der Waals surface area contributed by atoms with Crippen molar-refractivity contribution in [2.45, 2.75) is 63.3 Å². The molecule has 0 saturated carbocycles. The number of hydrogen-bond donors (Lipinski definition) is 1. The zero-order valence-electron chi connectivity index (χ0n) is 11.5. The zero-order valence-corrected chi connectivity index (χ0v) is 11.5. The first kappa shape index (κ1) is 12.2. The lowest BCUT2D eigenvalue weighted by molar-refractivity contribution is -0.0493. The van der Waals surface area contributed by atoms with Gasteiger partial charge >= 0.3 is 0 Å². The van der Waals surface area contributed by atoms with Crippen LogP contribution in [0.25, 0.3) is 0 Å². The molecule has 3 rings (SSSR count). The molecule has 1 aromatic heterocycles. The van der Waals surface area contributed by atoms with E-state index in [1.807, 2.05) is 17.1 Å². The molecule has 0 radical (unpaired) electrons. The minimum Gasteiger partial charge on any atom is -0.385 e. The summed E-state index contributed by atoms with van der Waals surface area (Å²) in [7, 11) is 2.19. The van der Waals surface area contributed by atoms with Crippen LogP contribution in [-0.2, 0) is 5.60 Å². The first-order chi connectivity index (χ1) is 8.49. The van der Waals surface area contributed by atoms with Crippen LogP contribution < -0.4 is 0 Å². The largest absolute Gasteiger partial charge is 0.385 e. The fraction of sp³-hybridized carbons (Fsp3) is 0.786. The number of fused-ring (bicyclic) bond motifs is 2. The maximum Gasteiger partial charge on any atom is 0.0956 e. The minimum atomic E-state index is -0.661. The quantitative estimate of drug-likeness (QED) is 0.870. The highest BCUT2D eigenvalue weighted by Gasteiger charge is 2.47. The van der Waals surface area contributed by atoms with Gasteiger partial charge in [-0.15, -0.1) is 0 Å². The van der Waals surface area contributed by atoms with Crippen LogP contribution >= 0.6 is 0 Å². The number of piperidine rings is 1. The van der Waals surface area contributed by atoms with Crippen molar-refractivity contribution in [3.63, 3.8) is 0 Å². The van der Waals surface area contributed by atoms with E-state index in [1.54, 1.807) is 0 Å². The van der Waals surface area contributed by atoms with Crippen LogP contribution in [0, 0.1) is 0 Å². The molecule has 0 spiro atoms. The van der Waals surface area contributed by atoms with Gasteiger partial charge in [-0.2, -0.15) is 5.10 Å². The van der Waals surface area contributed by atoms with Crippen molar-refractivity contribution in [3.05, 3.63) is 18.0 Å². The molecule has 0 aliphatic carbocycles. The second-order valence-electron chi connectivity index (χ2n) is 6.29. The first-order valence-electron chi connectivity index (χ1n) is 6.98. The molecule has 4 heteroatoms. The number of aromatic nitrogens is 2. The van der Waals surface area contributed by atoms with E-state index in [2.05, 4.69) is 30.9 Å². The first-order valence-corrected chi connectivity index (χ1v) is 6.98. The molecule has 1 N–H and O–H groups in total. The number of nitrogens with zero attached hydrogens (tertiary/aromatic N) is 3. The molecule has 2 bridgehead atoms. The lowest BCUT2D eigenvalue weighted by atomic mass is 9.82. The normalized spacial score (nSPS) is 36.5. The Morgan fingerprint density at radius 1 is 1.33 bits per heavy atom. The van der Waals surface area contributed by atoms with Gasteiger partial charge in [-0.3, -0.25) is 4.68 Å². The maximum absolute atomic E-state index is 11.0. The Morgan fingerprint density at radius 3 is 2.44 bits per heavy atom. The van der Waals surface area contributed by atoms with E-state index >= 15 is 0 Å². The van der Waals surface area contributed by atoms with Crippen molar-refractivity contribution in [2.75, 3.05) is 7.05 Å². The van der Waals surface area contributed by atoms with Crippen LogP contribution in [0.15, 0.2) is 12.4 Å². The summed E-state index contributed by atoms with van der Waals surface area (Å²) in [6.45, 7) is 4.22. The van der Waals surface area contributed by atoms with Gasteiger partial charge in [-0.1, -0.05) is 0 Å². The minimum absolute atomic E-state index is 0.352. The van der Waals surface area contributed by atoms with Crippen LogP contribution in [0.2, 0.25) is 0 Å². The monoisotopic (exact) mass is 249 g/mol. The SMILES string of the molecule is CC(C)n1cc(C2(O)CC3CCC(C2)N3C)cn1. The van der Waals surface area contributed by atoms with Gasteiger partial charge < -0.3 is 10.0 Å². The fourth-order valence-electron chi connectivity index (χ4n) is 3.54. The fourth-order valence-corrected chi connectivity index (χ4v) is 3.54. The predicted molar refractivity (Wildman–Crippen MR) is 70.3 cm³/mol. The molecule has 18 heavy (non-hydrogen) atoms. The Hall–Kier alpha value is -0.870. The van der Waals surface area contributed by atoms with E-state index < -0.39 is 5.60 Å². The summed E-state index contributed by atoms with van der Waals surface area (Å²) >= 11 is 0. The molecule has 2 unspecified atom stereocenters. The van der Waals surface area contributed by atoms with Crippen LogP contribution in [0.5, 0.6) is 0 Å². The van der Waals surface area contributed by atoms with Gasteiger partial charge in [0.15, 0.2) is 0 Å². The summed E-state index contributed by atoms with van der Waals surface area (Å²) in [6, 6.07) is 1.43. The van der Waals surface area contributed by atoms with Gasteiger partial charge in [0, 0.05) is 29.9 Å². The van der Waals surface area contributed by atoms with E-state index in [1.165, 1.54) is 12.8 Å². The Morgan fingerprint density at radius 2 is 1.94 bits per heavy atom. The van der Waals surface area contributed by atoms with Crippen LogP contribution in [0.3, 0.4) is 0 Å². The van der Waals surface area contributed by atoms with Gasteiger partial charge in [0.1, 0.15) is 0 Å². The molecule has 2 aliphatic rings. The Kier molecular flexibility index (Phi) is 2.75. The molecule has 2 atom stereocenters. The predicted octanol–water partition coefficient (Wildman–Crippen LogP) is 1.91. The van der Waals surface area contributed by atoms with Crippen molar-refractivity contribution < 1.29 is 5.11 Å². The van der Waals surface area contributed by atoms with Gasteiger partial charge in [0.2, 0.25) is 0 Å². The van der Waals surface area contributed by atoms with E-state index in [0.29, 0.717) is 18.1 Å². The molecule has 4 nitrogen and oxygen atoms in total. The average molecular weight is 249 g/mol. The molecule has 2 saturated heterocycles.